The molecule has 0 aromatic heterocycles. The van der Waals surface area contributed by atoms with E-state index in [1.165, 1.54) is 32.1 Å². The molecular weight excluding hydrogens is 376 g/mol. The summed E-state index contributed by atoms with van der Waals surface area (Å²) in [6.07, 6.45) is 9.81. The third kappa shape index (κ3) is 4.85. The monoisotopic (exact) mass is 418 g/mol. The number of fused-ring (bicyclic) bond motifs is 1. The van der Waals surface area contributed by atoms with Gasteiger partial charge < -0.3 is 20.0 Å². The lowest BCUT2D eigenvalue weighted by Crippen LogP contribution is -2.56. The van der Waals surface area contributed by atoms with Gasteiger partial charge in [-0.15, -0.1) is 0 Å². The minimum Gasteiger partial charge on any atom is -0.348 e. The predicted molar refractivity (Wildman–Crippen MR) is 119 cm³/mol. The molecule has 0 bridgehead atoms. The number of likely N-dealkylation sites (N-methyl/N-ethyl adjacent to an activating group) is 1. The van der Waals surface area contributed by atoms with Crippen molar-refractivity contribution in [2.45, 2.75) is 89.3 Å². The van der Waals surface area contributed by atoms with E-state index in [9.17, 15) is 9.59 Å². The van der Waals surface area contributed by atoms with Crippen LogP contribution in [0, 0.1) is 11.8 Å². The molecule has 0 radical (unpaired) electrons. The first-order valence-corrected chi connectivity index (χ1v) is 12.4. The fourth-order valence-corrected chi connectivity index (χ4v) is 6.35. The fraction of sp³-hybridized carbons (Fsp3) is 0.917. The molecule has 1 spiro atoms. The van der Waals surface area contributed by atoms with Crippen molar-refractivity contribution in [2.24, 2.45) is 11.8 Å². The van der Waals surface area contributed by atoms with Gasteiger partial charge in [0.1, 0.15) is 6.04 Å². The van der Waals surface area contributed by atoms with Crippen LogP contribution in [0.5, 0.6) is 0 Å². The molecule has 1 saturated carbocycles. The second-order valence-electron chi connectivity index (χ2n) is 11.0. The van der Waals surface area contributed by atoms with E-state index < -0.39 is 0 Å². The van der Waals surface area contributed by atoms with E-state index in [2.05, 4.69) is 36.0 Å². The SMILES string of the molecule is CC(C)CN1CCC2(CC1)CC(=O)N1C[C@@H](N(C)CC3CCCCC3)C[C@H]1C(=O)N2. The molecule has 2 atom stereocenters. The zero-order valence-corrected chi connectivity index (χ0v) is 19.4. The van der Waals surface area contributed by atoms with Crippen LogP contribution in [0.1, 0.15) is 71.6 Å². The van der Waals surface area contributed by atoms with Crippen molar-refractivity contribution in [2.75, 3.05) is 39.8 Å². The van der Waals surface area contributed by atoms with Crippen LogP contribution in [0.15, 0.2) is 0 Å². The zero-order chi connectivity index (χ0) is 21.3. The minimum absolute atomic E-state index is 0.0896. The van der Waals surface area contributed by atoms with Gasteiger partial charge >= 0.3 is 0 Å². The normalized spacial score (nSPS) is 30.8. The standard InChI is InChI=1S/C24H42N4O2/c1-18(2)15-27-11-9-24(10-12-27)14-22(29)28-17-20(13-21(28)23(30)25-24)26(3)16-19-7-5-4-6-8-19/h18-21H,4-17H2,1-3H3,(H,25,30)/t20-,21-/m0/s1. The summed E-state index contributed by atoms with van der Waals surface area (Å²) in [5, 5.41) is 3.36. The largest absolute Gasteiger partial charge is 0.348 e. The number of rotatable bonds is 5. The molecule has 3 aliphatic heterocycles. The molecule has 0 unspecified atom stereocenters. The van der Waals surface area contributed by atoms with Crippen molar-refractivity contribution in [3.63, 3.8) is 0 Å². The van der Waals surface area contributed by atoms with Gasteiger partial charge in [0, 0.05) is 38.8 Å². The minimum atomic E-state index is -0.324. The lowest BCUT2D eigenvalue weighted by Gasteiger charge is -2.42. The first-order chi connectivity index (χ1) is 14.3. The van der Waals surface area contributed by atoms with E-state index in [0.29, 0.717) is 18.4 Å². The second kappa shape index (κ2) is 9.15. The Balaban J connectivity index is 1.35. The Bertz CT molecular complexity index is 595. The first-order valence-electron chi connectivity index (χ1n) is 12.4. The highest BCUT2D eigenvalue weighted by Crippen LogP contribution is 2.34. The summed E-state index contributed by atoms with van der Waals surface area (Å²) in [6.45, 7) is 9.37. The second-order valence-corrected chi connectivity index (χ2v) is 11.0. The topological polar surface area (TPSA) is 55.9 Å². The van der Waals surface area contributed by atoms with Crippen molar-refractivity contribution in [3.05, 3.63) is 0 Å². The molecule has 170 valence electrons. The van der Waals surface area contributed by atoms with Crippen LogP contribution >= 0.6 is 0 Å². The molecule has 2 amide bonds. The first kappa shape index (κ1) is 22.1. The molecule has 4 fully saturated rings. The molecular formula is C24H42N4O2. The lowest BCUT2D eigenvalue weighted by atomic mass is 9.83. The summed E-state index contributed by atoms with van der Waals surface area (Å²) < 4.78 is 0. The molecule has 1 N–H and O–H groups in total. The highest BCUT2D eigenvalue weighted by Gasteiger charge is 2.49. The van der Waals surface area contributed by atoms with E-state index in [4.69, 9.17) is 0 Å². The van der Waals surface area contributed by atoms with Gasteiger partial charge in [-0.1, -0.05) is 33.1 Å². The molecule has 3 heterocycles. The maximum absolute atomic E-state index is 13.2. The number of nitrogens with zero attached hydrogens (tertiary/aromatic N) is 3. The van der Waals surface area contributed by atoms with Gasteiger partial charge in [0.2, 0.25) is 11.8 Å². The van der Waals surface area contributed by atoms with E-state index in [1.807, 2.05) is 4.90 Å². The predicted octanol–water partition coefficient (Wildman–Crippen LogP) is 2.48. The molecule has 6 heteroatoms. The van der Waals surface area contributed by atoms with Crippen LogP contribution in [0.25, 0.3) is 0 Å². The van der Waals surface area contributed by atoms with Crippen LogP contribution < -0.4 is 5.32 Å². The van der Waals surface area contributed by atoms with E-state index >= 15 is 0 Å². The number of amides is 2. The van der Waals surface area contributed by atoms with E-state index in [0.717, 1.165) is 57.9 Å². The molecule has 4 rings (SSSR count). The van der Waals surface area contributed by atoms with Crippen LogP contribution in [-0.4, -0.2) is 83.9 Å². The average Bonchev–Trinajstić information content (AvgIpc) is 3.13. The molecule has 30 heavy (non-hydrogen) atoms. The third-order valence-corrected chi connectivity index (χ3v) is 8.11. The smallest absolute Gasteiger partial charge is 0.243 e. The molecule has 0 aromatic rings. The van der Waals surface area contributed by atoms with Gasteiger partial charge in [-0.25, -0.2) is 0 Å². The Morgan fingerprint density at radius 2 is 1.83 bits per heavy atom. The number of carbonyl (C=O) groups excluding carboxylic acids is 2. The third-order valence-electron chi connectivity index (χ3n) is 8.11. The number of hydrogen-bond donors (Lipinski definition) is 1. The van der Waals surface area contributed by atoms with Crippen molar-refractivity contribution >= 4 is 11.8 Å². The van der Waals surface area contributed by atoms with Crippen molar-refractivity contribution in [1.29, 1.82) is 0 Å². The summed E-state index contributed by atoms with van der Waals surface area (Å²) >= 11 is 0. The van der Waals surface area contributed by atoms with Crippen molar-refractivity contribution in [3.8, 4) is 0 Å². The van der Waals surface area contributed by atoms with Crippen LogP contribution in [0.3, 0.4) is 0 Å². The molecule has 6 nitrogen and oxygen atoms in total. The zero-order valence-electron chi connectivity index (χ0n) is 19.4. The lowest BCUT2D eigenvalue weighted by molar-refractivity contribution is -0.135. The van der Waals surface area contributed by atoms with E-state index in [-0.39, 0.29) is 23.4 Å². The van der Waals surface area contributed by atoms with Crippen molar-refractivity contribution < 1.29 is 9.59 Å². The Kier molecular flexibility index (Phi) is 6.73. The Morgan fingerprint density at radius 3 is 2.50 bits per heavy atom. The van der Waals surface area contributed by atoms with E-state index in [1.54, 1.807) is 0 Å². The van der Waals surface area contributed by atoms with Crippen LogP contribution in [0.2, 0.25) is 0 Å². The maximum atomic E-state index is 13.2. The van der Waals surface area contributed by atoms with Gasteiger partial charge in [0.05, 0.1) is 12.0 Å². The summed E-state index contributed by atoms with van der Waals surface area (Å²) in [5.41, 5.74) is -0.324. The fourth-order valence-electron chi connectivity index (χ4n) is 6.35. The molecule has 3 saturated heterocycles. The summed E-state index contributed by atoms with van der Waals surface area (Å²) in [6, 6.07) is 0.0398. The number of carbonyl (C=O) groups is 2. The Labute approximate surface area is 182 Å². The number of nitrogens with one attached hydrogen (secondary N) is 1. The molecule has 4 aliphatic rings. The quantitative estimate of drug-likeness (QED) is 0.745. The van der Waals surface area contributed by atoms with Gasteiger partial charge in [-0.05, 0) is 51.0 Å². The van der Waals surface area contributed by atoms with Gasteiger partial charge in [-0.3, -0.25) is 9.59 Å². The van der Waals surface area contributed by atoms with Crippen LogP contribution in [0.4, 0.5) is 0 Å². The number of likely N-dealkylation sites (tertiary alicyclic amines) is 1. The summed E-state index contributed by atoms with van der Waals surface area (Å²) in [7, 11) is 2.19. The number of piperidine rings is 1. The highest BCUT2D eigenvalue weighted by molar-refractivity contribution is 5.92. The Morgan fingerprint density at radius 1 is 1.13 bits per heavy atom. The maximum Gasteiger partial charge on any atom is 0.243 e. The van der Waals surface area contributed by atoms with Gasteiger partial charge in [0.15, 0.2) is 0 Å². The summed E-state index contributed by atoms with van der Waals surface area (Å²) in [5.74, 6) is 1.71. The van der Waals surface area contributed by atoms with Crippen LogP contribution in [-0.2, 0) is 9.59 Å². The van der Waals surface area contributed by atoms with Gasteiger partial charge in [0.25, 0.3) is 0 Å². The van der Waals surface area contributed by atoms with Gasteiger partial charge in [-0.2, -0.15) is 0 Å². The number of hydrogen-bond acceptors (Lipinski definition) is 4. The highest BCUT2D eigenvalue weighted by atomic mass is 16.2. The molecule has 1 aliphatic carbocycles. The van der Waals surface area contributed by atoms with Crippen molar-refractivity contribution in [1.82, 2.24) is 20.0 Å². The molecule has 0 aromatic carbocycles. The average molecular weight is 419 g/mol. The summed E-state index contributed by atoms with van der Waals surface area (Å²) in [4.78, 5) is 33.3. The Hall–Kier alpha value is -1.14.